The van der Waals surface area contributed by atoms with Gasteiger partial charge in [-0.15, -0.1) is 0 Å². The predicted molar refractivity (Wildman–Crippen MR) is 71.4 cm³/mol. The molecule has 20 heavy (non-hydrogen) atoms. The molecule has 1 N–H and O–H groups in total. The van der Waals surface area contributed by atoms with Crippen molar-refractivity contribution in [2.24, 2.45) is 5.92 Å². The van der Waals surface area contributed by atoms with Crippen LogP contribution >= 0.6 is 0 Å². The average molecular weight is 287 g/mol. The van der Waals surface area contributed by atoms with Crippen LogP contribution in [0.25, 0.3) is 0 Å². The van der Waals surface area contributed by atoms with Gasteiger partial charge in [0, 0.05) is 13.1 Å². The van der Waals surface area contributed by atoms with E-state index in [9.17, 15) is 13.2 Å². The van der Waals surface area contributed by atoms with Crippen molar-refractivity contribution in [2.45, 2.75) is 38.7 Å². The second kappa shape index (κ2) is 5.37. The Morgan fingerprint density at radius 1 is 1.35 bits per heavy atom. The zero-order chi connectivity index (χ0) is 15.0. The lowest BCUT2D eigenvalue weighted by molar-refractivity contribution is -0.139. The zero-order valence-corrected chi connectivity index (χ0v) is 11.9. The standard InChI is InChI=1S/C15H20F3NO/c1-10(2)14(3)9-19-8-13(20-14)11-5-4-6-12(7-11)15(16,17)18/h4-7,10,13,19H,8-9H2,1-3H3. The van der Waals surface area contributed by atoms with Crippen molar-refractivity contribution in [1.82, 2.24) is 5.32 Å². The first kappa shape index (κ1) is 15.3. The molecule has 2 rings (SSSR count). The number of halogens is 3. The normalized spacial score (nSPS) is 27.9. The highest BCUT2D eigenvalue weighted by atomic mass is 19.4. The summed E-state index contributed by atoms with van der Waals surface area (Å²) in [7, 11) is 0. The Labute approximate surface area is 117 Å². The van der Waals surface area contributed by atoms with Crippen LogP contribution in [0.15, 0.2) is 24.3 Å². The molecule has 2 nitrogen and oxygen atoms in total. The predicted octanol–water partition coefficient (Wildman–Crippen LogP) is 3.78. The molecule has 5 heteroatoms. The van der Waals surface area contributed by atoms with Gasteiger partial charge in [0.2, 0.25) is 0 Å². The molecule has 1 fully saturated rings. The first-order chi connectivity index (χ1) is 9.22. The summed E-state index contributed by atoms with van der Waals surface area (Å²) in [4.78, 5) is 0. The molecular weight excluding hydrogens is 267 g/mol. The van der Waals surface area contributed by atoms with Crippen molar-refractivity contribution < 1.29 is 17.9 Å². The first-order valence-corrected chi connectivity index (χ1v) is 6.78. The van der Waals surface area contributed by atoms with E-state index in [1.807, 2.05) is 6.92 Å². The minimum atomic E-state index is -4.32. The van der Waals surface area contributed by atoms with E-state index in [1.165, 1.54) is 12.1 Å². The van der Waals surface area contributed by atoms with Crippen LogP contribution in [0.5, 0.6) is 0 Å². The van der Waals surface area contributed by atoms with E-state index in [0.29, 0.717) is 18.7 Å². The van der Waals surface area contributed by atoms with Gasteiger partial charge in [0.1, 0.15) is 0 Å². The van der Waals surface area contributed by atoms with Gasteiger partial charge in [-0.1, -0.05) is 26.0 Å². The molecule has 0 aromatic heterocycles. The number of alkyl halides is 3. The molecule has 0 aliphatic carbocycles. The largest absolute Gasteiger partial charge is 0.416 e. The van der Waals surface area contributed by atoms with Crippen molar-refractivity contribution in [3.63, 3.8) is 0 Å². The summed E-state index contributed by atoms with van der Waals surface area (Å²) < 4.78 is 44.3. The second-order valence-electron chi connectivity index (χ2n) is 5.83. The van der Waals surface area contributed by atoms with Crippen LogP contribution in [0.3, 0.4) is 0 Å². The zero-order valence-electron chi connectivity index (χ0n) is 11.9. The van der Waals surface area contributed by atoms with Crippen molar-refractivity contribution in [3.05, 3.63) is 35.4 Å². The lowest BCUT2D eigenvalue weighted by Gasteiger charge is -2.42. The van der Waals surface area contributed by atoms with Crippen molar-refractivity contribution in [1.29, 1.82) is 0 Å². The Morgan fingerprint density at radius 3 is 2.65 bits per heavy atom. The van der Waals surface area contributed by atoms with E-state index in [4.69, 9.17) is 4.74 Å². The Kier molecular flexibility index (Phi) is 4.12. The van der Waals surface area contributed by atoms with Crippen LogP contribution in [0, 0.1) is 5.92 Å². The van der Waals surface area contributed by atoms with Crippen LogP contribution < -0.4 is 5.32 Å². The second-order valence-corrected chi connectivity index (χ2v) is 5.83. The number of morpholine rings is 1. The Balaban J connectivity index is 2.24. The summed E-state index contributed by atoms with van der Waals surface area (Å²) in [6.45, 7) is 7.33. The lowest BCUT2D eigenvalue weighted by atomic mass is 9.89. The fourth-order valence-electron chi connectivity index (χ4n) is 2.30. The van der Waals surface area contributed by atoms with E-state index < -0.39 is 11.7 Å². The van der Waals surface area contributed by atoms with E-state index >= 15 is 0 Å². The molecule has 1 aliphatic rings. The molecule has 0 radical (unpaired) electrons. The van der Waals surface area contributed by atoms with Gasteiger partial charge < -0.3 is 10.1 Å². The molecule has 0 saturated carbocycles. The van der Waals surface area contributed by atoms with Gasteiger partial charge in [-0.05, 0) is 30.5 Å². The van der Waals surface area contributed by atoms with Gasteiger partial charge in [-0.2, -0.15) is 13.2 Å². The molecule has 1 aliphatic heterocycles. The van der Waals surface area contributed by atoms with Crippen LogP contribution in [-0.2, 0) is 10.9 Å². The van der Waals surface area contributed by atoms with Gasteiger partial charge in [0.25, 0.3) is 0 Å². The molecule has 1 heterocycles. The fourth-order valence-corrected chi connectivity index (χ4v) is 2.30. The maximum Gasteiger partial charge on any atom is 0.416 e. The van der Waals surface area contributed by atoms with Crippen molar-refractivity contribution in [3.8, 4) is 0 Å². The third-order valence-electron chi connectivity index (χ3n) is 4.02. The third kappa shape index (κ3) is 3.15. The lowest BCUT2D eigenvalue weighted by Crippen LogP contribution is -2.52. The number of benzene rings is 1. The molecule has 2 atom stereocenters. The molecule has 1 aromatic rings. The molecule has 0 bridgehead atoms. The van der Waals surface area contributed by atoms with E-state index in [1.54, 1.807) is 6.07 Å². The summed E-state index contributed by atoms with van der Waals surface area (Å²) in [5.41, 5.74) is -0.425. The molecule has 1 saturated heterocycles. The summed E-state index contributed by atoms with van der Waals surface area (Å²) in [5, 5.41) is 3.26. The average Bonchev–Trinajstić information content (AvgIpc) is 2.38. The van der Waals surface area contributed by atoms with E-state index in [0.717, 1.165) is 6.07 Å². The number of hydrogen-bond acceptors (Lipinski definition) is 2. The van der Waals surface area contributed by atoms with Gasteiger partial charge in [-0.3, -0.25) is 0 Å². The molecule has 0 spiro atoms. The van der Waals surface area contributed by atoms with Crippen LogP contribution in [0.2, 0.25) is 0 Å². The maximum absolute atomic E-state index is 12.8. The van der Waals surface area contributed by atoms with Gasteiger partial charge >= 0.3 is 6.18 Å². The summed E-state index contributed by atoms with van der Waals surface area (Å²) in [5.74, 6) is 0.281. The maximum atomic E-state index is 12.8. The number of nitrogens with one attached hydrogen (secondary N) is 1. The third-order valence-corrected chi connectivity index (χ3v) is 4.02. The minimum Gasteiger partial charge on any atom is -0.364 e. The highest BCUT2D eigenvalue weighted by molar-refractivity contribution is 5.28. The quantitative estimate of drug-likeness (QED) is 0.893. The number of rotatable bonds is 2. The molecule has 0 amide bonds. The molecule has 112 valence electrons. The highest BCUT2D eigenvalue weighted by Gasteiger charge is 2.37. The van der Waals surface area contributed by atoms with Crippen LogP contribution in [-0.4, -0.2) is 18.7 Å². The monoisotopic (exact) mass is 287 g/mol. The van der Waals surface area contributed by atoms with E-state index in [2.05, 4.69) is 19.2 Å². The number of ether oxygens (including phenoxy) is 1. The van der Waals surface area contributed by atoms with Gasteiger partial charge in [-0.25, -0.2) is 0 Å². The van der Waals surface area contributed by atoms with Gasteiger partial charge in [0.05, 0.1) is 17.3 Å². The summed E-state index contributed by atoms with van der Waals surface area (Å²) >= 11 is 0. The van der Waals surface area contributed by atoms with Crippen molar-refractivity contribution >= 4 is 0 Å². The summed E-state index contributed by atoms with van der Waals surface area (Å²) in [6.07, 6.45) is -4.67. The fraction of sp³-hybridized carbons (Fsp3) is 0.600. The van der Waals surface area contributed by atoms with Gasteiger partial charge in [0.15, 0.2) is 0 Å². The smallest absolute Gasteiger partial charge is 0.364 e. The van der Waals surface area contributed by atoms with Crippen molar-refractivity contribution in [2.75, 3.05) is 13.1 Å². The highest BCUT2D eigenvalue weighted by Crippen LogP contribution is 2.35. The number of hydrogen-bond donors (Lipinski definition) is 1. The SMILES string of the molecule is CC(C)C1(C)CNCC(c2cccc(C(F)(F)F)c2)O1. The topological polar surface area (TPSA) is 21.3 Å². The first-order valence-electron chi connectivity index (χ1n) is 6.78. The molecule has 1 aromatic carbocycles. The Morgan fingerprint density at radius 2 is 2.05 bits per heavy atom. The Bertz CT molecular complexity index is 472. The molecule has 2 unspecified atom stereocenters. The minimum absolute atomic E-state index is 0.281. The summed E-state index contributed by atoms with van der Waals surface area (Å²) in [6, 6.07) is 5.39. The molecular formula is C15H20F3NO. The Hall–Kier alpha value is -1.07. The van der Waals surface area contributed by atoms with Crippen LogP contribution in [0.1, 0.15) is 38.0 Å². The van der Waals surface area contributed by atoms with Crippen LogP contribution in [0.4, 0.5) is 13.2 Å². The van der Waals surface area contributed by atoms with E-state index in [-0.39, 0.29) is 17.6 Å².